The van der Waals surface area contributed by atoms with Crippen LogP contribution in [0.2, 0.25) is 0 Å². The van der Waals surface area contributed by atoms with Gasteiger partial charge in [0.05, 0.1) is 0 Å². The van der Waals surface area contributed by atoms with Crippen molar-refractivity contribution in [2.45, 2.75) is 98.6 Å². The molecule has 4 unspecified atom stereocenters. The van der Waals surface area contributed by atoms with Gasteiger partial charge in [-0.1, -0.05) is 19.9 Å². The molecule has 3 fully saturated rings. The van der Waals surface area contributed by atoms with Gasteiger partial charge in [0.2, 0.25) is 5.91 Å². The first-order chi connectivity index (χ1) is 15.0. The summed E-state index contributed by atoms with van der Waals surface area (Å²) in [6.07, 6.45) is 10.6. The quantitative estimate of drug-likeness (QED) is 0.634. The number of carbonyl (C=O) groups excluding carboxylic acids is 2. The molecule has 0 aromatic carbocycles. The molecule has 0 radical (unpaired) electrons. The number of amides is 3. The Kier molecular flexibility index (Phi) is 6.17. The van der Waals surface area contributed by atoms with Crippen LogP contribution in [-0.4, -0.2) is 47.4 Å². The van der Waals surface area contributed by atoms with Crippen LogP contribution in [-0.2, 0) is 4.79 Å². The van der Waals surface area contributed by atoms with Crippen LogP contribution in [0.4, 0.5) is 4.79 Å². The van der Waals surface area contributed by atoms with Crippen LogP contribution in [0.3, 0.4) is 0 Å². The molecule has 4 rings (SSSR count). The molecule has 6 atom stereocenters. The highest BCUT2D eigenvalue weighted by Crippen LogP contribution is 2.66. The summed E-state index contributed by atoms with van der Waals surface area (Å²) in [4.78, 5) is 30.7. The number of rotatable bonds is 3. The Labute approximate surface area is 195 Å². The van der Waals surface area contributed by atoms with Crippen LogP contribution in [0.5, 0.6) is 0 Å². The molecule has 5 nitrogen and oxygen atoms in total. The summed E-state index contributed by atoms with van der Waals surface area (Å²) in [6.45, 7) is 13.9. The Bertz CT molecular complexity index is 790. The largest absolute Gasteiger partial charge is 0.378 e. The van der Waals surface area contributed by atoms with E-state index in [9.17, 15) is 9.59 Å². The summed E-state index contributed by atoms with van der Waals surface area (Å²) < 4.78 is 0. The van der Waals surface area contributed by atoms with Crippen LogP contribution in [0.15, 0.2) is 11.8 Å². The maximum Gasteiger partial charge on any atom is 0.324 e. The smallest absolute Gasteiger partial charge is 0.324 e. The van der Waals surface area contributed by atoms with Crippen molar-refractivity contribution in [3.8, 4) is 0 Å². The second-order valence-corrected chi connectivity index (χ2v) is 12.2. The summed E-state index contributed by atoms with van der Waals surface area (Å²) in [5, 5.41) is 2.95. The van der Waals surface area contributed by atoms with Gasteiger partial charge in [-0.25, -0.2) is 4.79 Å². The van der Waals surface area contributed by atoms with E-state index in [-0.39, 0.29) is 35.4 Å². The number of allylic oxidation sites excluding steroid dienone is 2. The standard InChI is InChI=1S/C27H45N3O2/c1-17(2)28-25(32)30(18(3)4)24(31)22-11-10-20-19-9-12-23-27(6,14-8-16-29(23)7)21(19)13-15-26(20,22)5/h12,17-22H,8-11,13-16H2,1-7H3,(H,28,32)/t19?,20?,21?,22?,26-,27+/m0/s1. The molecule has 1 N–H and O–H groups in total. The molecule has 0 aromatic rings. The molecule has 1 saturated heterocycles. The summed E-state index contributed by atoms with van der Waals surface area (Å²) in [5.41, 5.74) is 1.88. The van der Waals surface area contributed by atoms with E-state index in [0.29, 0.717) is 17.3 Å². The Morgan fingerprint density at radius 2 is 1.81 bits per heavy atom. The first-order valence-corrected chi connectivity index (χ1v) is 13.1. The van der Waals surface area contributed by atoms with Crippen molar-refractivity contribution < 1.29 is 9.59 Å². The highest BCUT2D eigenvalue weighted by molar-refractivity contribution is 5.96. The number of carbonyl (C=O) groups is 2. The zero-order chi connectivity index (χ0) is 23.4. The fourth-order valence-electron chi connectivity index (χ4n) is 8.27. The predicted molar refractivity (Wildman–Crippen MR) is 129 cm³/mol. The van der Waals surface area contributed by atoms with Crippen LogP contribution in [0.25, 0.3) is 0 Å². The first kappa shape index (κ1) is 23.6. The van der Waals surface area contributed by atoms with Gasteiger partial charge in [-0.15, -0.1) is 0 Å². The highest BCUT2D eigenvalue weighted by atomic mass is 16.2. The van der Waals surface area contributed by atoms with Crippen molar-refractivity contribution in [2.75, 3.05) is 13.6 Å². The zero-order valence-electron chi connectivity index (χ0n) is 21.4. The molecule has 32 heavy (non-hydrogen) atoms. The van der Waals surface area contributed by atoms with E-state index < -0.39 is 0 Å². The second kappa shape index (κ2) is 8.36. The van der Waals surface area contributed by atoms with Crippen LogP contribution < -0.4 is 5.32 Å². The van der Waals surface area contributed by atoms with Crippen molar-refractivity contribution >= 4 is 11.9 Å². The molecular formula is C27H45N3O2. The van der Waals surface area contributed by atoms with Crippen molar-refractivity contribution in [3.05, 3.63) is 11.8 Å². The monoisotopic (exact) mass is 443 g/mol. The molecule has 1 aliphatic heterocycles. The van der Waals surface area contributed by atoms with Crippen molar-refractivity contribution in [3.63, 3.8) is 0 Å². The first-order valence-electron chi connectivity index (χ1n) is 13.1. The molecule has 0 spiro atoms. The van der Waals surface area contributed by atoms with E-state index in [1.807, 2.05) is 27.7 Å². The SMILES string of the molecule is CC(C)NC(=O)N(C(=O)C1CCC2C3CC=C4N(C)CCC[C@]4(C)C3CC[C@]12C)C(C)C. The van der Waals surface area contributed by atoms with E-state index in [4.69, 9.17) is 0 Å². The number of hydrogen-bond donors (Lipinski definition) is 1. The third-order valence-electron chi connectivity index (χ3n) is 9.71. The fourth-order valence-corrected chi connectivity index (χ4v) is 8.27. The molecule has 4 aliphatic rings. The molecule has 0 aromatic heterocycles. The highest BCUT2D eigenvalue weighted by Gasteiger charge is 2.60. The lowest BCUT2D eigenvalue weighted by molar-refractivity contribution is -0.140. The lowest BCUT2D eigenvalue weighted by atomic mass is 9.49. The zero-order valence-corrected chi connectivity index (χ0v) is 21.4. The second-order valence-electron chi connectivity index (χ2n) is 12.2. The minimum absolute atomic E-state index is 0.00573. The average molecular weight is 444 g/mol. The molecule has 3 amide bonds. The van der Waals surface area contributed by atoms with Crippen LogP contribution in [0, 0.1) is 34.5 Å². The lowest BCUT2D eigenvalue weighted by Gasteiger charge is -2.58. The Morgan fingerprint density at radius 3 is 2.47 bits per heavy atom. The van der Waals surface area contributed by atoms with E-state index in [1.165, 1.54) is 30.7 Å². The number of likely N-dealkylation sites (tertiary alicyclic amines) is 1. The third-order valence-corrected chi connectivity index (χ3v) is 9.71. The molecule has 5 heteroatoms. The van der Waals surface area contributed by atoms with Gasteiger partial charge in [-0.2, -0.15) is 0 Å². The maximum atomic E-state index is 13.8. The topological polar surface area (TPSA) is 52.7 Å². The van der Waals surface area contributed by atoms with E-state index in [1.54, 1.807) is 5.70 Å². The van der Waals surface area contributed by atoms with Crippen molar-refractivity contribution in [1.29, 1.82) is 0 Å². The number of nitrogens with zero attached hydrogens (tertiary/aromatic N) is 2. The molecule has 180 valence electrons. The van der Waals surface area contributed by atoms with E-state index >= 15 is 0 Å². The van der Waals surface area contributed by atoms with Crippen LogP contribution >= 0.6 is 0 Å². The molecule has 2 saturated carbocycles. The molecule has 3 aliphatic carbocycles. The van der Waals surface area contributed by atoms with Gasteiger partial charge in [0.25, 0.3) is 0 Å². The number of urea groups is 1. The number of hydrogen-bond acceptors (Lipinski definition) is 3. The van der Waals surface area contributed by atoms with Gasteiger partial charge in [0.15, 0.2) is 0 Å². The van der Waals surface area contributed by atoms with Gasteiger partial charge in [0.1, 0.15) is 0 Å². The van der Waals surface area contributed by atoms with Crippen LogP contribution in [0.1, 0.15) is 86.5 Å². The van der Waals surface area contributed by atoms with E-state index in [0.717, 1.165) is 31.6 Å². The van der Waals surface area contributed by atoms with Gasteiger partial charge < -0.3 is 10.2 Å². The minimum Gasteiger partial charge on any atom is -0.378 e. The van der Waals surface area contributed by atoms with Gasteiger partial charge in [-0.05, 0) is 95.8 Å². The maximum absolute atomic E-state index is 13.8. The normalized spacial score (nSPS) is 38.7. The fraction of sp³-hybridized carbons (Fsp3) is 0.852. The Balaban J connectivity index is 1.59. The molecule has 1 heterocycles. The van der Waals surface area contributed by atoms with Crippen molar-refractivity contribution in [1.82, 2.24) is 15.1 Å². The summed E-state index contributed by atoms with van der Waals surface area (Å²) in [6, 6.07) is -0.336. The predicted octanol–water partition coefficient (Wildman–Crippen LogP) is 5.42. The van der Waals surface area contributed by atoms with Gasteiger partial charge in [0, 0.05) is 42.7 Å². The summed E-state index contributed by atoms with van der Waals surface area (Å²) >= 11 is 0. The lowest BCUT2D eigenvalue weighted by Crippen LogP contribution is -2.56. The van der Waals surface area contributed by atoms with Crippen molar-refractivity contribution in [2.24, 2.45) is 34.5 Å². The Morgan fingerprint density at radius 1 is 1.09 bits per heavy atom. The summed E-state index contributed by atoms with van der Waals surface area (Å²) in [7, 11) is 2.27. The summed E-state index contributed by atoms with van der Waals surface area (Å²) in [5.74, 6) is 1.99. The van der Waals surface area contributed by atoms with Gasteiger partial charge >= 0.3 is 6.03 Å². The number of imide groups is 1. The minimum atomic E-state index is -0.233. The number of nitrogens with one attached hydrogen (secondary N) is 1. The number of piperidine rings is 1. The molecule has 0 bridgehead atoms. The molecular weight excluding hydrogens is 398 g/mol. The van der Waals surface area contributed by atoms with E-state index in [2.05, 4.69) is 37.2 Å². The number of fused-ring (bicyclic) bond motifs is 5. The Hall–Kier alpha value is -1.52. The third kappa shape index (κ3) is 3.58. The average Bonchev–Trinajstić information content (AvgIpc) is 3.04. The van der Waals surface area contributed by atoms with Gasteiger partial charge in [-0.3, -0.25) is 9.69 Å².